The molecule has 0 atom stereocenters. The predicted molar refractivity (Wildman–Crippen MR) is 33.5 cm³/mol. The maximum atomic E-state index is 8.84. The van der Waals surface area contributed by atoms with E-state index in [2.05, 4.69) is 6.92 Å². The van der Waals surface area contributed by atoms with Gasteiger partial charge in [-0.3, -0.25) is 0 Å². The van der Waals surface area contributed by atoms with Crippen LogP contribution < -0.4 is 0 Å². The number of aliphatic hydroxyl groups excluding tert-OH is 1. The minimum Gasteiger partial charge on any atom is -0.396 e. The van der Waals surface area contributed by atoms with Crippen molar-refractivity contribution in [2.75, 3.05) is 6.61 Å². The van der Waals surface area contributed by atoms with E-state index in [9.17, 15) is 0 Å². The van der Waals surface area contributed by atoms with Crippen molar-refractivity contribution in [3.05, 3.63) is 6.92 Å². The predicted octanol–water partition coefficient (Wildman–Crippen LogP) is -0.336. The fourth-order valence-corrected chi connectivity index (χ4v) is 0.487. The highest BCUT2D eigenvalue weighted by Gasteiger charge is 2.18. The minimum atomic E-state index is -1.68. The third-order valence-electron chi connectivity index (χ3n) is 1.14. The first-order valence-corrected chi connectivity index (χ1v) is 2.97. The molecule has 0 bridgehead atoms. The summed E-state index contributed by atoms with van der Waals surface area (Å²) in [7, 11) is 0. The summed E-state index contributed by atoms with van der Waals surface area (Å²) < 4.78 is 0. The molecule has 0 aliphatic rings. The Bertz CT molecular complexity index is 70.7. The van der Waals surface area contributed by atoms with Crippen LogP contribution in [0.1, 0.15) is 19.3 Å². The highest BCUT2D eigenvalue weighted by atomic mass is 16.5. The fourth-order valence-electron chi connectivity index (χ4n) is 0.487. The highest BCUT2D eigenvalue weighted by molar-refractivity contribution is 4.64. The van der Waals surface area contributed by atoms with E-state index in [1.807, 2.05) is 0 Å². The van der Waals surface area contributed by atoms with Gasteiger partial charge in [-0.15, -0.1) is 0 Å². The number of rotatable bonds is 4. The molecule has 0 spiro atoms. The Hall–Kier alpha value is -0.120. The molecule has 1 radical (unpaired) electrons. The molecule has 3 heteroatoms. The monoisotopic (exact) mass is 133 g/mol. The molecule has 0 aliphatic carbocycles. The van der Waals surface area contributed by atoms with Gasteiger partial charge in [-0.25, -0.2) is 0 Å². The molecule has 0 fully saturated rings. The molecule has 55 valence electrons. The van der Waals surface area contributed by atoms with Crippen LogP contribution in [0.25, 0.3) is 0 Å². The molecule has 3 nitrogen and oxygen atoms in total. The van der Waals surface area contributed by atoms with Gasteiger partial charge in [-0.2, -0.15) is 0 Å². The molecule has 0 rings (SSSR count). The third-order valence-corrected chi connectivity index (χ3v) is 1.14. The zero-order valence-corrected chi connectivity index (χ0v) is 5.38. The van der Waals surface area contributed by atoms with Crippen molar-refractivity contribution in [1.82, 2.24) is 0 Å². The van der Waals surface area contributed by atoms with Gasteiger partial charge in [0.15, 0.2) is 5.79 Å². The van der Waals surface area contributed by atoms with E-state index in [1.54, 1.807) is 0 Å². The van der Waals surface area contributed by atoms with Gasteiger partial charge in [0, 0.05) is 19.4 Å². The summed E-state index contributed by atoms with van der Waals surface area (Å²) in [6.07, 6.45) is 0.655. The average molecular weight is 133 g/mol. The molecular weight excluding hydrogens is 120 g/mol. The molecule has 0 saturated carbocycles. The maximum absolute atomic E-state index is 8.84. The second-order valence-electron chi connectivity index (χ2n) is 2.06. The Morgan fingerprint density at radius 1 is 1.33 bits per heavy atom. The molecule has 0 aromatic carbocycles. The van der Waals surface area contributed by atoms with E-state index >= 15 is 0 Å². The second-order valence-corrected chi connectivity index (χ2v) is 2.06. The van der Waals surface area contributed by atoms with Crippen LogP contribution in [0.15, 0.2) is 0 Å². The molecule has 0 aromatic rings. The van der Waals surface area contributed by atoms with Gasteiger partial charge >= 0.3 is 0 Å². The van der Waals surface area contributed by atoms with E-state index in [4.69, 9.17) is 15.3 Å². The Balaban J connectivity index is 3.33. The van der Waals surface area contributed by atoms with Crippen molar-refractivity contribution in [1.29, 1.82) is 0 Å². The van der Waals surface area contributed by atoms with Crippen LogP contribution in [0.5, 0.6) is 0 Å². The molecule has 0 aromatic heterocycles. The lowest BCUT2D eigenvalue weighted by atomic mass is 10.1. The van der Waals surface area contributed by atoms with Crippen molar-refractivity contribution >= 4 is 0 Å². The molecule has 0 heterocycles. The SMILES string of the molecule is [CH2]CC(O)(O)CCCO. The summed E-state index contributed by atoms with van der Waals surface area (Å²) in [4.78, 5) is 0. The second kappa shape index (κ2) is 3.82. The number of hydrogen-bond donors (Lipinski definition) is 3. The van der Waals surface area contributed by atoms with E-state index in [1.165, 1.54) is 0 Å². The van der Waals surface area contributed by atoms with Crippen molar-refractivity contribution in [3.8, 4) is 0 Å². The molecule has 0 unspecified atom stereocenters. The lowest BCUT2D eigenvalue weighted by Gasteiger charge is -2.18. The van der Waals surface area contributed by atoms with Crippen molar-refractivity contribution in [2.45, 2.75) is 25.0 Å². The van der Waals surface area contributed by atoms with Crippen LogP contribution in [0.3, 0.4) is 0 Å². The quantitative estimate of drug-likeness (QED) is 0.460. The lowest BCUT2D eigenvalue weighted by Crippen LogP contribution is -2.26. The lowest BCUT2D eigenvalue weighted by molar-refractivity contribution is -0.164. The van der Waals surface area contributed by atoms with E-state index < -0.39 is 5.79 Å². The highest BCUT2D eigenvalue weighted by Crippen LogP contribution is 2.11. The molecule has 3 N–H and O–H groups in total. The number of aliphatic hydroxyl groups is 3. The Labute approximate surface area is 54.9 Å². The average Bonchev–Trinajstić information content (AvgIpc) is 1.84. The van der Waals surface area contributed by atoms with Crippen LogP contribution in [0.4, 0.5) is 0 Å². The summed E-state index contributed by atoms with van der Waals surface area (Å²) in [5.41, 5.74) is 0. The van der Waals surface area contributed by atoms with E-state index in [0.29, 0.717) is 6.42 Å². The van der Waals surface area contributed by atoms with Crippen LogP contribution in [0.2, 0.25) is 0 Å². The Kier molecular flexibility index (Phi) is 3.77. The van der Waals surface area contributed by atoms with Crippen molar-refractivity contribution in [3.63, 3.8) is 0 Å². The van der Waals surface area contributed by atoms with Gasteiger partial charge in [0.2, 0.25) is 0 Å². The Morgan fingerprint density at radius 3 is 2.22 bits per heavy atom. The zero-order valence-electron chi connectivity index (χ0n) is 5.38. The van der Waals surface area contributed by atoms with Gasteiger partial charge < -0.3 is 15.3 Å². The van der Waals surface area contributed by atoms with Crippen LogP contribution in [-0.4, -0.2) is 27.7 Å². The summed E-state index contributed by atoms with van der Waals surface area (Å²) in [5, 5.41) is 26.0. The van der Waals surface area contributed by atoms with E-state index in [-0.39, 0.29) is 19.4 Å². The molecule has 0 aliphatic heterocycles. The van der Waals surface area contributed by atoms with Crippen LogP contribution in [-0.2, 0) is 0 Å². The summed E-state index contributed by atoms with van der Waals surface area (Å²) >= 11 is 0. The summed E-state index contributed by atoms with van der Waals surface area (Å²) in [6.45, 7) is 3.32. The smallest absolute Gasteiger partial charge is 0.162 e. The van der Waals surface area contributed by atoms with E-state index in [0.717, 1.165) is 0 Å². The summed E-state index contributed by atoms with van der Waals surface area (Å²) in [5.74, 6) is -1.68. The van der Waals surface area contributed by atoms with Crippen molar-refractivity contribution < 1.29 is 15.3 Å². The number of hydrogen-bond acceptors (Lipinski definition) is 3. The van der Waals surface area contributed by atoms with Gasteiger partial charge in [0.05, 0.1) is 0 Å². The molecule has 0 amide bonds. The fraction of sp³-hybridized carbons (Fsp3) is 0.833. The maximum Gasteiger partial charge on any atom is 0.162 e. The third kappa shape index (κ3) is 4.39. The van der Waals surface area contributed by atoms with Crippen LogP contribution in [0, 0.1) is 6.92 Å². The van der Waals surface area contributed by atoms with Gasteiger partial charge in [-0.05, 0) is 13.3 Å². The van der Waals surface area contributed by atoms with Crippen molar-refractivity contribution in [2.24, 2.45) is 0 Å². The topological polar surface area (TPSA) is 60.7 Å². The zero-order chi connectivity index (χ0) is 7.33. The van der Waals surface area contributed by atoms with Crippen LogP contribution >= 0.6 is 0 Å². The molecular formula is C6H13O3. The Morgan fingerprint density at radius 2 is 1.89 bits per heavy atom. The standard InChI is InChI=1S/C6H13O3/c1-2-6(8,9)4-3-5-7/h7-9H,1-5H2. The largest absolute Gasteiger partial charge is 0.396 e. The van der Waals surface area contributed by atoms with Gasteiger partial charge in [0.25, 0.3) is 0 Å². The van der Waals surface area contributed by atoms with Gasteiger partial charge in [-0.1, -0.05) is 0 Å². The first-order valence-electron chi connectivity index (χ1n) is 2.97. The normalized spacial score (nSPS) is 12.0. The first-order chi connectivity index (χ1) is 4.12. The minimum absolute atomic E-state index is 0.0110. The van der Waals surface area contributed by atoms with Gasteiger partial charge in [0.1, 0.15) is 0 Å². The summed E-state index contributed by atoms with van der Waals surface area (Å²) in [6, 6.07) is 0. The first kappa shape index (κ1) is 8.88. The molecule has 9 heavy (non-hydrogen) atoms. The molecule has 0 saturated heterocycles.